The van der Waals surface area contributed by atoms with Gasteiger partial charge in [-0.15, -0.1) is 11.3 Å². The maximum atomic E-state index is 13.2. The first kappa shape index (κ1) is 18.6. The number of benzene rings is 2. The van der Waals surface area contributed by atoms with Gasteiger partial charge in [-0.3, -0.25) is 0 Å². The second-order valence-electron chi connectivity index (χ2n) is 5.85. The van der Waals surface area contributed by atoms with Crippen LogP contribution in [0.25, 0.3) is 27.6 Å². The Balaban J connectivity index is 1.81. The van der Waals surface area contributed by atoms with Gasteiger partial charge in [-0.05, 0) is 42.5 Å². The average Bonchev–Trinajstić information content (AvgIpc) is 3.30. The van der Waals surface area contributed by atoms with E-state index >= 15 is 0 Å². The van der Waals surface area contributed by atoms with Crippen LogP contribution in [0.1, 0.15) is 5.69 Å². The average molecular weight is 424 g/mol. The highest BCUT2D eigenvalue weighted by molar-refractivity contribution is 7.12. The molecule has 9 heteroatoms. The molecule has 2 aromatic carbocycles. The van der Waals surface area contributed by atoms with Gasteiger partial charge in [-0.1, -0.05) is 23.7 Å². The molecule has 0 aliphatic heterocycles. The second kappa shape index (κ2) is 7.03. The second-order valence-corrected chi connectivity index (χ2v) is 7.13. The third-order valence-corrected chi connectivity index (χ3v) is 5.02. The van der Waals surface area contributed by atoms with Gasteiger partial charge in [0.25, 0.3) is 0 Å². The zero-order valence-electron chi connectivity index (χ0n) is 13.9. The van der Waals surface area contributed by atoms with Crippen molar-refractivity contribution in [3.05, 3.63) is 76.5 Å². The quantitative estimate of drug-likeness (QED) is 0.353. The summed E-state index contributed by atoms with van der Waals surface area (Å²) >= 11 is 7.02. The number of nitrogens with zero attached hydrogens (tertiary/aromatic N) is 3. The van der Waals surface area contributed by atoms with Gasteiger partial charge in [0, 0.05) is 21.5 Å². The number of hydrogen-bond donors (Lipinski definition) is 0. The molecule has 2 aromatic heterocycles. The van der Waals surface area contributed by atoms with E-state index in [1.54, 1.807) is 41.8 Å². The Morgan fingerprint density at radius 1 is 0.929 bits per heavy atom. The summed E-state index contributed by atoms with van der Waals surface area (Å²) in [6, 6.07) is 13.1. The Labute approximate surface area is 165 Å². The molecule has 3 nitrogen and oxygen atoms in total. The lowest BCUT2D eigenvalue weighted by atomic mass is 10.1. The van der Waals surface area contributed by atoms with Crippen LogP contribution in [0.4, 0.5) is 17.6 Å². The van der Waals surface area contributed by atoms with Crippen molar-refractivity contribution in [1.29, 1.82) is 0 Å². The molecule has 0 saturated carbocycles. The summed E-state index contributed by atoms with van der Waals surface area (Å²) in [5, 5.41) is 6.14. The van der Waals surface area contributed by atoms with Gasteiger partial charge in [-0.25, -0.2) is 14.1 Å². The first-order chi connectivity index (χ1) is 13.3. The molecule has 4 aromatic rings. The molecule has 0 bridgehead atoms. The SMILES string of the molecule is Fc1ccc(-c2csc(-n3nc(C(F)(F)F)cc3-c3ccc(Cl)cc3)n2)cc1. The summed E-state index contributed by atoms with van der Waals surface area (Å²) in [5.41, 5.74) is 0.914. The largest absolute Gasteiger partial charge is 0.435 e. The summed E-state index contributed by atoms with van der Waals surface area (Å²) in [7, 11) is 0. The molecule has 0 aliphatic rings. The van der Waals surface area contributed by atoms with Crippen molar-refractivity contribution in [3.63, 3.8) is 0 Å². The number of hydrogen-bond acceptors (Lipinski definition) is 3. The van der Waals surface area contributed by atoms with E-state index in [0.717, 1.165) is 22.1 Å². The number of thiazole rings is 1. The zero-order valence-corrected chi connectivity index (χ0v) is 15.5. The van der Waals surface area contributed by atoms with Crippen LogP contribution in [0.15, 0.2) is 60.0 Å². The van der Waals surface area contributed by atoms with E-state index in [4.69, 9.17) is 11.6 Å². The Bertz CT molecular complexity index is 1120. The van der Waals surface area contributed by atoms with Crippen LogP contribution >= 0.6 is 22.9 Å². The van der Waals surface area contributed by atoms with Crippen molar-refractivity contribution in [2.24, 2.45) is 0 Å². The van der Waals surface area contributed by atoms with Gasteiger partial charge in [0.15, 0.2) is 5.69 Å². The minimum absolute atomic E-state index is 0.240. The molecule has 2 heterocycles. The number of aromatic nitrogens is 3. The van der Waals surface area contributed by atoms with E-state index < -0.39 is 11.9 Å². The minimum Gasteiger partial charge on any atom is -0.218 e. The Morgan fingerprint density at radius 3 is 2.21 bits per heavy atom. The predicted molar refractivity (Wildman–Crippen MR) is 100 cm³/mol. The standard InChI is InChI=1S/C19H10ClF4N3S/c20-13-5-1-12(2-6-13)16-9-17(19(22,23)24)26-27(16)18-25-15(10-28-18)11-3-7-14(21)8-4-11/h1-10H. The third-order valence-electron chi connectivity index (χ3n) is 3.95. The Kier molecular flexibility index (Phi) is 4.68. The van der Waals surface area contributed by atoms with E-state index in [9.17, 15) is 17.6 Å². The topological polar surface area (TPSA) is 30.7 Å². The monoisotopic (exact) mass is 423 g/mol. The molecule has 142 valence electrons. The maximum Gasteiger partial charge on any atom is 0.435 e. The smallest absolute Gasteiger partial charge is 0.218 e. The molecule has 0 radical (unpaired) electrons. The predicted octanol–water partition coefficient (Wildman–Crippen LogP) is 6.47. The van der Waals surface area contributed by atoms with Crippen LogP contribution < -0.4 is 0 Å². The molecular weight excluding hydrogens is 414 g/mol. The van der Waals surface area contributed by atoms with Crippen LogP contribution in [-0.4, -0.2) is 14.8 Å². The highest BCUT2D eigenvalue weighted by atomic mass is 35.5. The van der Waals surface area contributed by atoms with Crippen molar-refractivity contribution >= 4 is 22.9 Å². The van der Waals surface area contributed by atoms with Crippen LogP contribution in [0.2, 0.25) is 5.02 Å². The van der Waals surface area contributed by atoms with Gasteiger partial charge in [-0.2, -0.15) is 18.3 Å². The summed E-state index contributed by atoms with van der Waals surface area (Å²) in [4.78, 5) is 4.38. The first-order valence-corrected chi connectivity index (χ1v) is 9.22. The van der Waals surface area contributed by atoms with E-state index in [0.29, 0.717) is 21.8 Å². The number of alkyl halides is 3. The fraction of sp³-hybridized carbons (Fsp3) is 0.0526. The van der Waals surface area contributed by atoms with Crippen molar-refractivity contribution < 1.29 is 17.6 Å². The van der Waals surface area contributed by atoms with E-state index in [1.165, 1.54) is 12.1 Å². The molecule has 0 aliphatic carbocycles. The lowest BCUT2D eigenvalue weighted by Gasteiger charge is -2.04. The van der Waals surface area contributed by atoms with E-state index in [1.807, 2.05) is 0 Å². The molecule has 0 unspecified atom stereocenters. The first-order valence-electron chi connectivity index (χ1n) is 7.96. The molecule has 0 atom stereocenters. The molecule has 0 amide bonds. The van der Waals surface area contributed by atoms with Crippen molar-refractivity contribution in [1.82, 2.24) is 14.8 Å². The van der Waals surface area contributed by atoms with Gasteiger partial charge >= 0.3 is 6.18 Å². The summed E-state index contributed by atoms with van der Waals surface area (Å²) in [6.45, 7) is 0. The molecular formula is C19H10ClF4N3S. The highest BCUT2D eigenvalue weighted by Gasteiger charge is 2.35. The van der Waals surface area contributed by atoms with Crippen LogP contribution in [0.3, 0.4) is 0 Å². The Morgan fingerprint density at radius 2 is 1.57 bits per heavy atom. The molecule has 0 spiro atoms. The lowest BCUT2D eigenvalue weighted by Crippen LogP contribution is -2.07. The maximum absolute atomic E-state index is 13.2. The fourth-order valence-electron chi connectivity index (χ4n) is 2.61. The van der Waals surface area contributed by atoms with Gasteiger partial charge in [0.1, 0.15) is 5.82 Å². The van der Waals surface area contributed by atoms with Gasteiger partial charge < -0.3 is 0 Å². The van der Waals surface area contributed by atoms with Crippen molar-refractivity contribution in [2.45, 2.75) is 6.18 Å². The summed E-state index contributed by atoms with van der Waals surface area (Å²) in [5.74, 6) is -0.383. The van der Waals surface area contributed by atoms with E-state index in [2.05, 4.69) is 10.1 Å². The van der Waals surface area contributed by atoms with Crippen LogP contribution in [0.5, 0.6) is 0 Å². The third kappa shape index (κ3) is 3.65. The lowest BCUT2D eigenvalue weighted by molar-refractivity contribution is -0.141. The molecule has 0 fully saturated rings. The van der Waals surface area contributed by atoms with Crippen molar-refractivity contribution in [2.75, 3.05) is 0 Å². The minimum atomic E-state index is -4.59. The van der Waals surface area contributed by atoms with Crippen LogP contribution in [-0.2, 0) is 6.18 Å². The number of halogens is 5. The summed E-state index contributed by atoms with van der Waals surface area (Å²) in [6.07, 6.45) is -4.59. The van der Waals surface area contributed by atoms with Gasteiger partial charge in [0.2, 0.25) is 5.13 Å². The van der Waals surface area contributed by atoms with Crippen molar-refractivity contribution in [3.8, 4) is 27.6 Å². The molecule has 28 heavy (non-hydrogen) atoms. The number of rotatable bonds is 3. The fourth-order valence-corrected chi connectivity index (χ4v) is 3.53. The summed E-state index contributed by atoms with van der Waals surface area (Å²) < 4.78 is 54.0. The molecule has 4 rings (SSSR count). The van der Waals surface area contributed by atoms with Crippen LogP contribution in [0, 0.1) is 5.82 Å². The van der Waals surface area contributed by atoms with E-state index in [-0.39, 0.29) is 16.6 Å². The normalized spacial score (nSPS) is 11.8. The highest BCUT2D eigenvalue weighted by Crippen LogP contribution is 2.35. The molecule has 0 saturated heterocycles. The van der Waals surface area contributed by atoms with Gasteiger partial charge in [0.05, 0.1) is 11.4 Å². The Hall–Kier alpha value is -2.71. The zero-order chi connectivity index (χ0) is 19.9. The molecule has 0 N–H and O–H groups in total.